The number of esters is 1. The third-order valence-corrected chi connectivity index (χ3v) is 8.80. The lowest BCUT2D eigenvalue weighted by Crippen LogP contribution is -2.56. The quantitative estimate of drug-likeness (QED) is 0.481. The van der Waals surface area contributed by atoms with Crippen LogP contribution in [0.2, 0.25) is 0 Å². The van der Waals surface area contributed by atoms with Gasteiger partial charge in [0.1, 0.15) is 6.04 Å². The molecule has 42 heavy (non-hydrogen) atoms. The van der Waals surface area contributed by atoms with E-state index in [0.29, 0.717) is 5.56 Å². The number of carbonyl (C=O) groups is 3. The van der Waals surface area contributed by atoms with Gasteiger partial charge in [-0.1, -0.05) is 60.7 Å². The Morgan fingerprint density at radius 2 is 1.71 bits per heavy atom. The van der Waals surface area contributed by atoms with Crippen LogP contribution in [0.4, 0.5) is 9.59 Å². The SMILES string of the molecule is COCC1=C(C(=O)OC)[C@H](c2ccccc2)N(C(=O)N[C@@H]2CC[C@@H](N3CCC(C#N)(c4ccccc4)CC3)C2)C(=O)N1. The van der Waals surface area contributed by atoms with E-state index in [-0.39, 0.29) is 30.0 Å². The van der Waals surface area contributed by atoms with Crippen molar-refractivity contribution in [2.75, 3.05) is 33.9 Å². The molecule has 3 aliphatic rings. The number of rotatable bonds is 7. The van der Waals surface area contributed by atoms with Gasteiger partial charge in [-0.15, -0.1) is 0 Å². The third-order valence-electron chi connectivity index (χ3n) is 8.80. The zero-order valence-corrected chi connectivity index (χ0v) is 24.0. The van der Waals surface area contributed by atoms with Crippen molar-refractivity contribution in [3.8, 4) is 6.07 Å². The monoisotopic (exact) mass is 571 g/mol. The number of likely N-dealkylation sites (tertiary alicyclic amines) is 1. The number of hydrogen-bond donors (Lipinski definition) is 2. The molecule has 2 aliphatic heterocycles. The summed E-state index contributed by atoms with van der Waals surface area (Å²) in [5.74, 6) is -0.649. The van der Waals surface area contributed by atoms with Crippen LogP contribution in [0.3, 0.4) is 0 Å². The Kier molecular flexibility index (Phi) is 8.90. The van der Waals surface area contributed by atoms with E-state index in [1.807, 2.05) is 36.4 Å². The normalized spacial score (nSPS) is 24.1. The second kappa shape index (κ2) is 12.8. The molecule has 0 unspecified atom stereocenters. The number of piperidine rings is 1. The molecule has 220 valence electrons. The number of hydrogen-bond acceptors (Lipinski definition) is 7. The Balaban J connectivity index is 1.29. The number of methoxy groups -OCH3 is 2. The summed E-state index contributed by atoms with van der Waals surface area (Å²) in [5.41, 5.74) is 1.63. The second-order valence-electron chi connectivity index (χ2n) is 11.1. The van der Waals surface area contributed by atoms with Crippen molar-refractivity contribution in [2.45, 2.75) is 55.6 Å². The highest BCUT2D eigenvalue weighted by Gasteiger charge is 2.44. The average Bonchev–Trinajstić information content (AvgIpc) is 3.49. The van der Waals surface area contributed by atoms with Gasteiger partial charge >= 0.3 is 18.0 Å². The number of carbonyl (C=O) groups excluding carboxylic acids is 3. The number of nitriles is 1. The molecule has 0 aromatic heterocycles. The predicted octanol–water partition coefficient (Wildman–Crippen LogP) is 4.01. The van der Waals surface area contributed by atoms with Gasteiger partial charge in [-0.25, -0.2) is 19.3 Å². The lowest BCUT2D eigenvalue weighted by Gasteiger charge is -2.40. The highest BCUT2D eigenvalue weighted by molar-refractivity contribution is 6.01. The summed E-state index contributed by atoms with van der Waals surface area (Å²) in [4.78, 5) is 43.5. The van der Waals surface area contributed by atoms with Crippen molar-refractivity contribution in [3.05, 3.63) is 83.1 Å². The van der Waals surface area contributed by atoms with Gasteiger partial charge in [-0.3, -0.25) is 0 Å². The van der Waals surface area contributed by atoms with Crippen LogP contribution >= 0.6 is 0 Å². The maximum absolute atomic E-state index is 13.7. The zero-order chi connectivity index (χ0) is 29.7. The summed E-state index contributed by atoms with van der Waals surface area (Å²) in [6.45, 7) is 1.61. The predicted molar refractivity (Wildman–Crippen MR) is 155 cm³/mol. The molecule has 1 saturated carbocycles. The molecule has 2 N–H and O–H groups in total. The fourth-order valence-corrected chi connectivity index (χ4v) is 6.59. The largest absolute Gasteiger partial charge is 0.466 e. The van der Waals surface area contributed by atoms with E-state index in [1.54, 1.807) is 24.3 Å². The molecule has 0 bridgehead atoms. The molecule has 2 fully saturated rings. The average molecular weight is 572 g/mol. The van der Waals surface area contributed by atoms with Gasteiger partial charge in [0, 0.05) is 32.3 Å². The number of urea groups is 2. The molecule has 1 aliphatic carbocycles. The Hall–Kier alpha value is -4.20. The molecule has 0 spiro atoms. The van der Waals surface area contributed by atoms with Crippen LogP contribution in [0, 0.1) is 11.3 Å². The minimum Gasteiger partial charge on any atom is -0.466 e. The molecule has 10 heteroatoms. The molecular formula is C32H37N5O5. The maximum atomic E-state index is 13.7. The van der Waals surface area contributed by atoms with Crippen molar-refractivity contribution < 1.29 is 23.9 Å². The van der Waals surface area contributed by atoms with Crippen molar-refractivity contribution >= 4 is 18.0 Å². The first-order valence-corrected chi connectivity index (χ1v) is 14.4. The van der Waals surface area contributed by atoms with E-state index in [0.717, 1.165) is 55.7 Å². The molecule has 2 aromatic carbocycles. The first-order chi connectivity index (χ1) is 20.4. The minimum absolute atomic E-state index is 0.0214. The third kappa shape index (κ3) is 5.75. The molecule has 10 nitrogen and oxygen atoms in total. The molecular weight excluding hydrogens is 534 g/mol. The van der Waals surface area contributed by atoms with E-state index < -0.39 is 29.5 Å². The lowest BCUT2D eigenvalue weighted by molar-refractivity contribution is -0.137. The first kappa shape index (κ1) is 29.3. The summed E-state index contributed by atoms with van der Waals surface area (Å²) in [6.07, 6.45) is 3.96. The van der Waals surface area contributed by atoms with E-state index in [9.17, 15) is 19.6 Å². The molecule has 1 saturated heterocycles. The number of imide groups is 1. The second-order valence-corrected chi connectivity index (χ2v) is 11.1. The van der Waals surface area contributed by atoms with Gasteiger partial charge in [0.15, 0.2) is 0 Å². The molecule has 5 rings (SSSR count). The highest BCUT2D eigenvalue weighted by atomic mass is 16.5. The van der Waals surface area contributed by atoms with E-state index >= 15 is 0 Å². The number of benzene rings is 2. The first-order valence-electron chi connectivity index (χ1n) is 14.4. The van der Waals surface area contributed by atoms with Gasteiger partial charge in [-0.2, -0.15) is 5.26 Å². The topological polar surface area (TPSA) is 124 Å². The van der Waals surface area contributed by atoms with Gasteiger partial charge in [-0.05, 0) is 43.2 Å². The van der Waals surface area contributed by atoms with Gasteiger partial charge in [0.05, 0.1) is 36.5 Å². The summed E-state index contributed by atoms with van der Waals surface area (Å²) in [7, 11) is 2.73. The van der Waals surface area contributed by atoms with Crippen molar-refractivity contribution in [2.24, 2.45) is 0 Å². The van der Waals surface area contributed by atoms with Gasteiger partial charge in [0.2, 0.25) is 0 Å². The standard InChI is InChI=1S/C32H37N5O5/c1-41-20-26-27(29(38)42-2)28(22-9-5-3-6-10-22)37(31(40)35-26)30(39)34-24-13-14-25(19-24)36-17-15-32(21-33,16-18-36)23-11-7-4-8-12-23/h3-12,24-25,28H,13-20H2,1-2H3,(H,34,39)(H,35,40)/t24-,25-,28+/m1/s1. The maximum Gasteiger partial charge on any atom is 0.338 e. The Morgan fingerprint density at radius 1 is 1.05 bits per heavy atom. The van der Waals surface area contributed by atoms with Crippen LogP contribution in [-0.4, -0.2) is 73.8 Å². The summed E-state index contributed by atoms with van der Waals surface area (Å²) >= 11 is 0. The molecule has 2 aromatic rings. The summed E-state index contributed by atoms with van der Waals surface area (Å²) in [5, 5.41) is 15.8. The van der Waals surface area contributed by atoms with Crippen LogP contribution in [0.1, 0.15) is 49.3 Å². The Morgan fingerprint density at radius 3 is 2.33 bits per heavy atom. The number of ether oxygens (including phenoxy) is 2. The Bertz CT molecular complexity index is 1360. The lowest BCUT2D eigenvalue weighted by atomic mass is 9.74. The fourth-order valence-electron chi connectivity index (χ4n) is 6.59. The Labute approximate surface area is 246 Å². The molecule has 3 atom stereocenters. The zero-order valence-electron chi connectivity index (χ0n) is 24.0. The fraction of sp³-hybridized carbons (Fsp3) is 0.438. The molecule has 2 heterocycles. The molecule has 0 radical (unpaired) electrons. The van der Waals surface area contributed by atoms with E-state index in [4.69, 9.17) is 9.47 Å². The number of amides is 4. The number of nitrogens with one attached hydrogen (secondary N) is 2. The number of nitrogens with zero attached hydrogens (tertiary/aromatic N) is 3. The minimum atomic E-state index is -0.978. The van der Waals surface area contributed by atoms with Crippen molar-refractivity contribution in [3.63, 3.8) is 0 Å². The van der Waals surface area contributed by atoms with Crippen LogP contribution < -0.4 is 10.6 Å². The molecule has 4 amide bonds. The van der Waals surface area contributed by atoms with Crippen LogP contribution in [0.15, 0.2) is 71.9 Å². The van der Waals surface area contributed by atoms with Crippen LogP contribution in [-0.2, 0) is 19.7 Å². The van der Waals surface area contributed by atoms with E-state index in [1.165, 1.54) is 14.2 Å². The van der Waals surface area contributed by atoms with Gasteiger partial charge < -0.3 is 25.0 Å². The van der Waals surface area contributed by atoms with Crippen LogP contribution in [0.5, 0.6) is 0 Å². The smallest absolute Gasteiger partial charge is 0.338 e. The van der Waals surface area contributed by atoms with E-state index in [2.05, 4.69) is 21.6 Å². The summed E-state index contributed by atoms with van der Waals surface area (Å²) in [6, 6.07) is 19.5. The summed E-state index contributed by atoms with van der Waals surface area (Å²) < 4.78 is 10.3. The van der Waals surface area contributed by atoms with Crippen molar-refractivity contribution in [1.82, 2.24) is 20.4 Å². The van der Waals surface area contributed by atoms with Crippen molar-refractivity contribution in [1.29, 1.82) is 5.26 Å². The highest BCUT2D eigenvalue weighted by Crippen LogP contribution is 2.38. The van der Waals surface area contributed by atoms with Gasteiger partial charge in [0.25, 0.3) is 0 Å². The van der Waals surface area contributed by atoms with Crippen LogP contribution in [0.25, 0.3) is 0 Å².